The van der Waals surface area contributed by atoms with Crippen LogP contribution in [0.25, 0.3) is 0 Å². The van der Waals surface area contributed by atoms with E-state index in [9.17, 15) is 24.3 Å². The standard InChI is InChI=1S/C16H17O5P/c1-12(22(19,20)21)16(15(17)18,13-8-4-2-5-9-13)14-10-6-3-7-11-14/h2-12H,1H3,(H,17,18)(H2,19,20,21). The summed E-state index contributed by atoms with van der Waals surface area (Å²) in [5, 5.41) is 9.92. The molecule has 0 fully saturated rings. The van der Waals surface area contributed by atoms with E-state index >= 15 is 0 Å². The molecule has 0 aliphatic heterocycles. The van der Waals surface area contributed by atoms with Crippen LogP contribution in [0.5, 0.6) is 0 Å². The van der Waals surface area contributed by atoms with E-state index in [2.05, 4.69) is 0 Å². The van der Waals surface area contributed by atoms with E-state index in [0.29, 0.717) is 11.1 Å². The molecule has 22 heavy (non-hydrogen) atoms. The van der Waals surface area contributed by atoms with Crippen LogP contribution in [0.15, 0.2) is 60.7 Å². The summed E-state index contributed by atoms with van der Waals surface area (Å²) in [6.45, 7) is 1.27. The second-order valence-electron chi connectivity index (χ2n) is 5.11. The van der Waals surface area contributed by atoms with Gasteiger partial charge in [0, 0.05) is 0 Å². The first kappa shape index (κ1) is 16.4. The fourth-order valence-corrected chi connectivity index (χ4v) is 3.64. The molecule has 6 heteroatoms. The van der Waals surface area contributed by atoms with Crippen molar-refractivity contribution < 1.29 is 24.3 Å². The molecule has 0 aliphatic rings. The van der Waals surface area contributed by atoms with Crippen molar-refractivity contribution in [1.82, 2.24) is 0 Å². The molecule has 2 aromatic rings. The van der Waals surface area contributed by atoms with Crippen molar-refractivity contribution in [3.63, 3.8) is 0 Å². The summed E-state index contributed by atoms with van der Waals surface area (Å²) in [6, 6.07) is 16.4. The highest BCUT2D eigenvalue weighted by Gasteiger charge is 2.53. The molecule has 2 rings (SSSR count). The minimum absolute atomic E-state index is 0.338. The number of hydrogen-bond donors (Lipinski definition) is 3. The zero-order valence-electron chi connectivity index (χ0n) is 12.0. The fourth-order valence-electron chi connectivity index (χ4n) is 2.73. The molecule has 1 atom stereocenters. The summed E-state index contributed by atoms with van der Waals surface area (Å²) < 4.78 is 11.9. The maximum atomic E-state index is 12.2. The van der Waals surface area contributed by atoms with Crippen LogP contribution in [0, 0.1) is 0 Å². The van der Waals surface area contributed by atoms with Crippen LogP contribution >= 0.6 is 7.60 Å². The third kappa shape index (κ3) is 2.71. The quantitative estimate of drug-likeness (QED) is 0.736. The summed E-state index contributed by atoms with van der Waals surface area (Å²) in [5.74, 6) is -1.29. The molecule has 0 amide bonds. The molecular weight excluding hydrogens is 303 g/mol. The molecule has 0 radical (unpaired) electrons. The van der Waals surface area contributed by atoms with Crippen LogP contribution in [0.2, 0.25) is 0 Å². The topological polar surface area (TPSA) is 94.8 Å². The molecule has 0 spiro atoms. The molecule has 0 aromatic heterocycles. The Kier molecular flexibility index (Phi) is 4.52. The Morgan fingerprint density at radius 3 is 1.59 bits per heavy atom. The Morgan fingerprint density at radius 2 is 1.32 bits per heavy atom. The highest BCUT2D eigenvalue weighted by atomic mass is 31.2. The van der Waals surface area contributed by atoms with Crippen molar-refractivity contribution in [2.45, 2.75) is 18.0 Å². The molecular formula is C16H17O5P. The number of hydrogen-bond acceptors (Lipinski definition) is 2. The van der Waals surface area contributed by atoms with Crippen LogP contribution in [-0.2, 0) is 14.8 Å². The lowest BCUT2D eigenvalue weighted by molar-refractivity contribution is -0.142. The third-order valence-corrected chi connectivity index (χ3v) is 5.32. The number of rotatable bonds is 5. The number of carboxylic acid groups (broad SMARTS) is 1. The SMILES string of the molecule is CC(C(C(=O)O)(c1ccccc1)c1ccccc1)P(=O)(O)O. The first-order valence-corrected chi connectivity index (χ1v) is 8.39. The second-order valence-corrected chi connectivity index (χ2v) is 7.06. The molecule has 0 bridgehead atoms. The van der Waals surface area contributed by atoms with Gasteiger partial charge in [-0.3, -0.25) is 9.36 Å². The monoisotopic (exact) mass is 320 g/mol. The van der Waals surface area contributed by atoms with Crippen LogP contribution < -0.4 is 0 Å². The van der Waals surface area contributed by atoms with Crippen molar-refractivity contribution in [3.05, 3.63) is 71.8 Å². The molecule has 0 heterocycles. The number of aliphatic carboxylic acids is 1. The maximum absolute atomic E-state index is 12.2. The van der Waals surface area contributed by atoms with Gasteiger partial charge < -0.3 is 14.9 Å². The van der Waals surface area contributed by atoms with Gasteiger partial charge in [0.2, 0.25) is 0 Å². The zero-order chi connectivity index (χ0) is 16.4. The van der Waals surface area contributed by atoms with Gasteiger partial charge in [0.25, 0.3) is 0 Å². The van der Waals surface area contributed by atoms with Gasteiger partial charge >= 0.3 is 13.6 Å². The largest absolute Gasteiger partial charge is 0.480 e. The van der Waals surface area contributed by atoms with Gasteiger partial charge in [0.05, 0.1) is 5.66 Å². The zero-order valence-corrected chi connectivity index (χ0v) is 12.9. The average Bonchev–Trinajstić information content (AvgIpc) is 2.49. The lowest BCUT2D eigenvalue weighted by Gasteiger charge is -2.36. The number of carbonyl (C=O) groups is 1. The van der Waals surface area contributed by atoms with Gasteiger partial charge in [-0.1, -0.05) is 60.7 Å². The lowest BCUT2D eigenvalue weighted by Crippen LogP contribution is -2.46. The first-order chi connectivity index (χ1) is 10.3. The van der Waals surface area contributed by atoms with Crippen LogP contribution in [0.3, 0.4) is 0 Å². The van der Waals surface area contributed by atoms with Gasteiger partial charge in [-0.15, -0.1) is 0 Å². The average molecular weight is 320 g/mol. The fraction of sp³-hybridized carbons (Fsp3) is 0.188. The summed E-state index contributed by atoms with van der Waals surface area (Å²) in [4.78, 5) is 31.4. The normalized spacial score (nSPS) is 13.6. The van der Waals surface area contributed by atoms with Gasteiger partial charge in [0.1, 0.15) is 5.41 Å². The van der Waals surface area contributed by atoms with E-state index in [1.807, 2.05) is 0 Å². The van der Waals surface area contributed by atoms with Crippen LogP contribution in [0.1, 0.15) is 18.1 Å². The Morgan fingerprint density at radius 1 is 0.955 bits per heavy atom. The molecule has 0 aliphatic carbocycles. The lowest BCUT2D eigenvalue weighted by atomic mass is 9.72. The Hall–Kier alpha value is -1.94. The van der Waals surface area contributed by atoms with Crippen molar-refractivity contribution >= 4 is 13.6 Å². The van der Waals surface area contributed by atoms with Gasteiger partial charge in [-0.05, 0) is 18.1 Å². The first-order valence-electron chi connectivity index (χ1n) is 6.71. The van der Waals surface area contributed by atoms with Crippen LogP contribution in [-0.4, -0.2) is 26.5 Å². The number of benzene rings is 2. The molecule has 0 saturated carbocycles. The highest BCUT2D eigenvalue weighted by molar-refractivity contribution is 7.52. The van der Waals surface area contributed by atoms with Gasteiger partial charge in [0.15, 0.2) is 0 Å². The number of carboxylic acids is 1. The minimum Gasteiger partial charge on any atom is -0.480 e. The van der Waals surface area contributed by atoms with E-state index in [1.165, 1.54) is 6.92 Å². The van der Waals surface area contributed by atoms with Crippen molar-refractivity contribution in [2.24, 2.45) is 0 Å². The van der Waals surface area contributed by atoms with Gasteiger partial charge in [-0.25, -0.2) is 0 Å². The van der Waals surface area contributed by atoms with E-state index in [0.717, 1.165) is 0 Å². The Bertz CT molecular complexity index is 653. The molecule has 2 aromatic carbocycles. The summed E-state index contributed by atoms with van der Waals surface area (Å²) in [6.07, 6.45) is 0. The molecule has 3 N–H and O–H groups in total. The summed E-state index contributed by atoms with van der Waals surface area (Å²) >= 11 is 0. The van der Waals surface area contributed by atoms with E-state index in [4.69, 9.17) is 0 Å². The highest BCUT2D eigenvalue weighted by Crippen LogP contribution is 2.53. The predicted octanol–water partition coefficient (Wildman–Crippen LogP) is 2.62. The molecule has 116 valence electrons. The smallest absolute Gasteiger partial charge is 0.330 e. The third-order valence-electron chi connectivity index (χ3n) is 3.93. The van der Waals surface area contributed by atoms with E-state index in [1.54, 1.807) is 60.7 Å². The molecule has 0 saturated heterocycles. The second kappa shape index (κ2) is 6.05. The summed E-state index contributed by atoms with van der Waals surface area (Å²) in [5.41, 5.74) is -2.56. The minimum atomic E-state index is -4.64. The van der Waals surface area contributed by atoms with E-state index < -0.39 is 24.6 Å². The van der Waals surface area contributed by atoms with Crippen molar-refractivity contribution in [1.29, 1.82) is 0 Å². The molecule has 1 unspecified atom stereocenters. The molecule has 5 nitrogen and oxygen atoms in total. The van der Waals surface area contributed by atoms with E-state index in [-0.39, 0.29) is 0 Å². The van der Waals surface area contributed by atoms with Gasteiger partial charge in [-0.2, -0.15) is 0 Å². The Labute approximate surface area is 128 Å². The predicted molar refractivity (Wildman–Crippen MR) is 82.8 cm³/mol. The van der Waals surface area contributed by atoms with Crippen molar-refractivity contribution in [3.8, 4) is 0 Å². The van der Waals surface area contributed by atoms with Crippen LogP contribution in [0.4, 0.5) is 0 Å². The maximum Gasteiger partial charge on any atom is 0.330 e. The Balaban J connectivity index is 2.83. The van der Waals surface area contributed by atoms with Crippen molar-refractivity contribution in [2.75, 3.05) is 0 Å². The summed E-state index contributed by atoms with van der Waals surface area (Å²) in [7, 11) is -4.64.